The highest BCUT2D eigenvalue weighted by molar-refractivity contribution is 5.58. The summed E-state index contributed by atoms with van der Waals surface area (Å²) in [5.74, 6) is 0. The number of hydrogen-bond acceptors (Lipinski definition) is 3. The maximum absolute atomic E-state index is 5.44. The Kier molecular flexibility index (Phi) is 3.86. The van der Waals surface area contributed by atoms with Crippen molar-refractivity contribution in [2.24, 2.45) is 0 Å². The zero-order valence-electron chi connectivity index (χ0n) is 10.8. The van der Waals surface area contributed by atoms with Crippen LogP contribution in [0.3, 0.4) is 0 Å². The monoisotopic (exact) mass is 255 g/mol. The van der Waals surface area contributed by atoms with Crippen LogP contribution in [0.4, 0.5) is 0 Å². The number of nitrogens with zero attached hydrogens (tertiary/aromatic N) is 1. The summed E-state index contributed by atoms with van der Waals surface area (Å²) in [5.41, 5.74) is 3.47. The van der Waals surface area contributed by atoms with Crippen molar-refractivity contribution in [2.45, 2.75) is 19.1 Å². The van der Waals surface area contributed by atoms with Crippen LogP contribution >= 0.6 is 0 Å². The zero-order valence-corrected chi connectivity index (χ0v) is 10.8. The SMILES string of the molecule is c1ccc(-c2ccc(CCC3OCCO3)cc2)nc1. The van der Waals surface area contributed by atoms with E-state index >= 15 is 0 Å². The van der Waals surface area contributed by atoms with Crippen LogP contribution in [0.15, 0.2) is 48.7 Å². The van der Waals surface area contributed by atoms with Crippen molar-refractivity contribution in [2.75, 3.05) is 13.2 Å². The highest BCUT2D eigenvalue weighted by Gasteiger charge is 2.15. The van der Waals surface area contributed by atoms with E-state index in [9.17, 15) is 0 Å². The van der Waals surface area contributed by atoms with Crippen LogP contribution < -0.4 is 0 Å². The Morgan fingerprint density at radius 1 is 1.00 bits per heavy atom. The Morgan fingerprint density at radius 2 is 1.79 bits per heavy atom. The molecular formula is C16H17NO2. The summed E-state index contributed by atoms with van der Waals surface area (Å²) >= 11 is 0. The lowest BCUT2D eigenvalue weighted by Gasteiger charge is -2.09. The van der Waals surface area contributed by atoms with E-state index in [-0.39, 0.29) is 6.29 Å². The highest BCUT2D eigenvalue weighted by Crippen LogP contribution is 2.18. The minimum Gasteiger partial charge on any atom is -0.350 e. The Hall–Kier alpha value is -1.71. The largest absolute Gasteiger partial charge is 0.350 e. The second-order valence-corrected chi connectivity index (χ2v) is 4.62. The van der Waals surface area contributed by atoms with E-state index < -0.39 is 0 Å². The third kappa shape index (κ3) is 3.19. The van der Waals surface area contributed by atoms with Crippen LogP contribution in [0.2, 0.25) is 0 Å². The quantitative estimate of drug-likeness (QED) is 0.841. The van der Waals surface area contributed by atoms with E-state index in [4.69, 9.17) is 9.47 Å². The molecule has 1 aromatic heterocycles. The minimum absolute atomic E-state index is 0.0181. The van der Waals surface area contributed by atoms with Gasteiger partial charge in [-0.1, -0.05) is 30.3 Å². The number of aromatic nitrogens is 1. The standard InChI is InChI=1S/C16H17NO2/c1-2-10-17-15(3-1)14-7-4-13(5-8-14)6-9-16-18-11-12-19-16/h1-5,7-8,10,16H,6,9,11-12H2. The van der Waals surface area contributed by atoms with Gasteiger partial charge in [-0.3, -0.25) is 4.98 Å². The summed E-state index contributed by atoms with van der Waals surface area (Å²) in [6.45, 7) is 1.45. The van der Waals surface area contributed by atoms with Crippen LogP contribution in [0, 0.1) is 0 Å². The van der Waals surface area contributed by atoms with Gasteiger partial charge in [-0.05, 0) is 24.1 Å². The van der Waals surface area contributed by atoms with E-state index in [1.807, 2.05) is 24.4 Å². The molecule has 0 amide bonds. The number of pyridine rings is 1. The maximum atomic E-state index is 5.44. The molecule has 19 heavy (non-hydrogen) atoms. The fourth-order valence-electron chi connectivity index (χ4n) is 2.23. The van der Waals surface area contributed by atoms with Crippen molar-refractivity contribution < 1.29 is 9.47 Å². The van der Waals surface area contributed by atoms with Gasteiger partial charge in [0.05, 0.1) is 18.9 Å². The molecule has 0 aliphatic carbocycles. The Bertz CT molecular complexity index is 504. The summed E-state index contributed by atoms with van der Waals surface area (Å²) in [6, 6.07) is 14.5. The molecule has 0 unspecified atom stereocenters. The highest BCUT2D eigenvalue weighted by atomic mass is 16.7. The number of ether oxygens (including phenoxy) is 2. The van der Waals surface area contributed by atoms with Gasteiger partial charge in [0.25, 0.3) is 0 Å². The van der Waals surface area contributed by atoms with Gasteiger partial charge in [-0.2, -0.15) is 0 Å². The fraction of sp³-hybridized carbons (Fsp3) is 0.312. The lowest BCUT2D eigenvalue weighted by atomic mass is 10.1. The molecule has 0 bridgehead atoms. The molecule has 3 rings (SSSR count). The van der Waals surface area contributed by atoms with E-state index in [2.05, 4.69) is 29.2 Å². The summed E-state index contributed by atoms with van der Waals surface area (Å²) in [6.07, 6.45) is 3.70. The molecule has 1 aliphatic rings. The molecule has 3 heteroatoms. The number of hydrogen-bond donors (Lipinski definition) is 0. The summed E-state index contributed by atoms with van der Waals surface area (Å²) in [4.78, 5) is 4.35. The molecule has 0 N–H and O–H groups in total. The number of rotatable bonds is 4. The second-order valence-electron chi connectivity index (χ2n) is 4.62. The van der Waals surface area contributed by atoms with Crippen molar-refractivity contribution in [1.29, 1.82) is 0 Å². The second kappa shape index (κ2) is 5.95. The average molecular weight is 255 g/mol. The van der Waals surface area contributed by atoms with Crippen molar-refractivity contribution in [3.8, 4) is 11.3 Å². The van der Waals surface area contributed by atoms with E-state index in [0.29, 0.717) is 0 Å². The molecule has 0 atom stereocenters. The van der Waals surface area contributed by atoms with Crippen molar-refractivity contribution in [1.82, 2.24) is 4.98 Å². The van der Waals surface area contributed by atoms with Gasteiger partial charge in [0, 0.05) is 18.2 Å². The summed E-state index contributed by atoms with van der Waals surface area (Å²) in [5, 5.41) is 0. The van der Waals surface area contributed by atoms with Crippen LogP contribution in [0.5, 0.6) is 0 Å². The lowest BCUT2D eigenvalue weighted by Crippen LogP contribution is -2.08. The predicted molar refractivity (Wildman–Crippen MR) is 73.7 cm³/mol. The number of benzene rings is 1. The molecule has 1 aliphatic heterocycles. The fourth-order valence-corrected chi connectivity index (χ4v) is 2.23. The summed E-state index contributed by atoms with van der Waals surface area (Å²) < 4.78 is 10.9. The maximum Gasteiger partial charge on any atom is 0.158 e. The Labute approximate surface area is 113 Å². The molecule has 2 aromatic rings. The predicted octanol–water partition coefficient (Wildman–Crippen LogP) is 3.05. The van der Waals surface area contributed by atoms with Crippen LogP contribution in [0.25, 0.3) is 11.3 Å². The first-order valence-corrected chi connectivity index (χ1v) is 6.65. The lowest BCUT2D eigenvalue weighted by molar-refractivity contribution is -0.0461. The summed E-state index contributed by atoms with van der Waals surface area (Å²) in [7, 11) is 0. The van der Waals surface area contributed by atoms with Gasteiger partial charge in [-0.15, -0.1) is 0 Å². The van der Waals surface area contributed by atoms with E-state index in [1.165, 1.54) is 5.56 Å². The van der Waals surface area contributed by atoms with Gasteiger partial charge in [-0.25, -0.2) is 0 Å². The normalized spacial score (nSPS) is 15.8. The molecule has 0 spiro atoms. The third-order valence-corrected chi connectivity index (χ3v) is 3.27. The minimum atomic E-state index is -0.0181. The molecule has 2 heterocycles. The van der Waals surface area contributed by atoms with Gasteiger partial charge >= 0.3 is 0 Å². The first kappa shape index (κ1) is 12.3. The molecule has 0 radical (unpaired) electrons. The van der Waals surface area contributed by atoms with Crippen molar-refractivity contribution >= 4 is 0 Å². The van der Waals surface area contributed by atoms with Crippen LogP contribution in [-0.4, -0.2) is 24.5 Å². The molecule has 0 saturated carbocycles. The first-order valence-electron chi connectivity index (χ1n) is 6.65. The third-order valence-electron chi connectivity index (χ3n) is 3.27. The van der Waals surface area contributed by atoms with E-state index in [0.717, 1.165) is 37.3 Å². The molecule has 1 aromatic carbocycles. The smallest absolute Gasteiger partial charge is 0.158 e. The van der Waals surface area contributed by atoms with Crippen LogP contribution in [-0.2, 0) is 15.9 Å². The molecule has 3 nitrogen and oxygen atoms in total. The van der Waals surface area contributed by atoms with Gasteiger partial charge < -0.3 is 9.47 Å². The van der Waals surface area contributed by atoms with Gasteiger partial charge in [0.1, 0.15) is 0 Å². The van der Waals surface area contributed by atoms with Crippen molar-refractivity contribution in [3.63, 3.8) is 0 Å². The van der Waals surface area contributed by atoms with Crippen LogP contribution in [0.1, 0.15) is 12.0 Å². The molecule has 1 saturated heterocycles. The Balaban J connectivity index is 1.62. The molecule has 1 fully saturated rings. The van der Waals surface area contributed by atoms with Crippen molar-refractivity contribution in [3.05, 3.63) is 54.2 Å². The topological polar surface area (TPSA) is 31.4 Å². The molecule has 98 valence electrons. The van der Waals surface area contributed by atoms with E-state index in [1.54, 1.807) is 0 Å². The number of aryl methyl sites for hydroxylation is 1. The van der Waals surface area contributed by atoms with Gasteiger partial charge in [0.2, 0.25) is 0 Å². The first-order chi connectivity index (χ1) is 9.42. The Morgan fingerprint density at radius 3 is 2.47 bits per heavy atom. The van der Waals surface area contributed by atoms with Gasteiger partial charge in [0.15, 0.2) is 6.29 Å². The zero-order chi connectivity index (χ0) is 12.9. The molecular weight excluding hydrogens is 238 g/mol. The average Bonchev–Trinajstić information content (AvgIpc) is 3.00.